The summed E-state index contributed by atoms with van der Waals surface area (Å²) in [6.07, 6.45) is 0.303. The van der Waals surface area contributed by atoms with Crippen molar-refractivity contribution in [3.63, 3.8) is 0 Å². The number of hydrogen-bond donors (Lipinski definition) is 1. The van der Waals surface area contributed by atoms with Crippen molar-refractivity contribution in [1.82, 2.24) is 4.57 Å². The molecule has 2 heterocycles. The Morgan fingerprint density at radius 3 is 1.88 bits per heavy atom. The molecule has 0 radical (unpaired) electrons. The summed E-state index contributed by atoms with van der Waals surface area (Å²) >= 11 is 0. The third-order valence-corrected chi connectivity index (χ3v) is 4.37. The van der Waals surface area contributed by atoms with Gasteiger partial charge in [0, 0.05) is 10.8 Å². The SMILES string of the molecule is CCC(C(=O)O)C(c1ccccc1)n1c(=O)c2ccc(cc2)c1=O. The Labute approximate surface area is 138 Å². The summed E-state index contributed by atoms with van der Waals surface area (Å²) in [7, 11) is 0. The van der Waals surface area contributed by atoms with Gasteiger partial charge in [-0.2, -0.15) is 0 Å². The number of rotatable bonds is 5. The minimum absolute atomic E-state index is 0.303. The lowest BCUT2D eigenvalue weighted by molar-refractivity contribution is -0.143. The predicted octanol–water partition coefficient (Wildman–Crippen LogP) is 2.50. The van der Waals surface area contributed by atoms with Gasteiger partial charge in [0.2, 0.25) is 0 Å². The van der Waals surface area contributed by atoms with E-state index >= 15 is 0 Å². The Balaban J connectivity index is 2.38. The van der Waals surface area contributed by atoms with Crippen LogP contribution in [-0.4, -0.2) is 15.6 Å². The quantitative estimate of drug-likeness (QED) is 0.782. The summed E-state index contributed by atoms with van der Waals surface area (Å²) in [5, 5.41) is 10.4. The van der Waals surface area contributed by atoms with Gasteiger partial charge < -0.3 is 5.11 Å². The first-order chi connectivity index (χ1) is 11.5. The largest absolute Gasteiger partial charge is 0.481 e. The van der Waals surface area contributed by atoms with E-state index in [-0.39, 0.29) is 0 Å². The maximum Gasteiger partial charge on any atom is 0.308 e. The average molecular weight is 323 g/mol. The molecule has 0 amide bonds. The van der Waals surface area contributed by atoms with Gasteiger partial charge in [-0.1, -0.05) is 37.3 Å². The number of carboxylic acid groups (broad SMARTS) is 1. The molecule has 2 bridgehead atoms. The molecule has 2 aromatic carbocycles. The maximum absolute atomic E-state index is 12.8. The molecule has 2 atom stereocenters. The van der Waals surface area contributed by atoms with Crippen LogP contribution in [0.2, 0.25) is 0 Å². The summed E-state index contributed by atoms with van der Waals surface area (Å²) in [6.45, 7) is 1.74. The first-order valence-corrected chi connectivity index (χ1v) is 7.80. The van der Waals surface area contributed by atoms with Crippen molar-refractivity contribution in [2.45, 2.75) is 19.4 Å². The summed E-state index contributed by atoms with van der Waals surface area (Å²) in [5.74, 6) is -1.90. The van der Waals surface area contributed by atoms with Gasteiger partial charge in [-0.05, 0) is 36.2 Å². The van der Waals surface area contributed by atoms with E-state index in [1.54, 1.807) is 55.5 Å². The maximum atomic E-state index is 12.8. The van der Waals surface area contributed by atoms with Gasteiger partial charge >= 0.3 is 5.97 Å². The van der Waals surface area contributed by atoms with Gasteiger partial charge in [-0.15, -0.1) is 0 Å². The fourth-order valence-electron chi connectivity index (χ4n) is 3.12. The molecule has 0 aliphatic rings. The number of hydrogen-bond acceptors (Lipinski definition) is 3. The molecule has 1 N–H and O–H groups in total. The van der Waals surface area contributed by atoms with Crippen LogP contribution in [0.1, 0.15) is 24.9 Å². The van der Waals surface area contributed by atoms with Gasteiger partial charge in [0.1, 0.15) is 0 Å². The Bertz CT molecular complexity index is 911. The second-order valence-corrected chi connectivity index (χ2v) is 5.77. The van der Waals surface area contributed by atoms with Crippen LogP contribution in [0.5, 0.6) is 0 Å². The van der Waals surface area contributed by atoms with Crippen LogP contribution in [0.25, 0.3) is 10.8 Å². The minimum Gasteiger partial charge on any atom is -0.481 e. The first kappa shape index (κ1) is 15.9. The van der Waals surface area contributed by atoms with E-state index in [2.05, 4.69) is 0 Å². The van der Waals surface area contributed by atoms with Crippen LogP contribution < -0.4 is 11.1 Å². The number of nitrogens with zero attached hydrogens (tertiary/aromatic N) is 1. The van der Waals surface area contributed by atoms with Gasteiger partial charge in [-0.3, -0.25) is 19.0 Å². The van der Waals surface area contributed by atoms with Crippen molar-refractivity contribution in [3.05, 3.63) is 80.9 Å². The van der Waals surface area contributed by atoms with Crippen LogP contribution in [0.4, 0.5) is 0 Å². The fourth-order valence-corrected chi connectivity index (χ4v) is 3.12. The zero-order valence-electron chi connectivity index (χ0n) is 13.2. The monoisotopic (exact) mass is 323 g/mol. The zero-order chi connectivity index (χ0) is 17.3. The number of carboxylic acids is 1. The third-order valence-electron chi connectivity index (χ3n) is 4.37. The number of aromatic nitrogens is 1. The number of carbonyl (C=O) groups is 1. The van der Waals surface area contributed by atoms with Crippen molar-refractivity contribution < 1.29 is 9.90 Å². The molecule has 4 rings (SSSR count). The van der Waals surface area contributed by atoms with Crippen LogP contribution >= 0.6 is 0 Å². The topological polar surface area (TPSA) is 76.4 Å². The normalized spacial score (nSPS) is 13.7. The van der Waals surface area contributed by atoms with Gasteiger partial charge in [0.15, 0.2) is 0 Å². The number of benzene rings is 2. The molecule has 5 heteroatoms. The van der Waals surface area contributed by atoms with Crippen molar-refractivity contribution >= 4 is 16.7 Å². The van der Waals surface area contributed by atoms with Crippen molar-refractivity contribution in [2.24, 2.45) is 5.92 Å². The third kappa shape index (κ3) is 2.58. The molecule has 0 fully saturated rings. The van der Waals surface area contributed by atoms with Gasteiger partial charge in [0.25, 0.3) is 11.1 Å². The van der Waals surface area contributed by atoms with Crippen molar-refractivity contribution in [3.8, 4) is 0 Å². The smallest absolute Gasteiger partial charge is 0.308 e. The molecule has 0 aliphatic carbocycles. The van der Waals surface area contributed by atoms with Crippen molar-refractivity contribution in [2.75, 3.05) is 0 Å². The summed E-state index contributed by atoms with van der Waals surface area (Å²) < 4.78 is 1.10. The highest BCUT2D eigenvalue weighted by molar-refractivity contribution is 5.71. The Morgan fingerprint density at radius 2 is 1.46 bits per heavy atom. The molecule has 0 saturated carbocycles. The van der Waals surface area contributed by atoms with E-state index in [0.29, 0.717) is 22.8 Å². The second kappa shape index (κ2) is 6.28. The molecule has 0 aliphatic heterocycles. The summed E-state index contributed by atoms with van der Waals surface area (Å²) in [4.78, 5) is 37.4. The number of aliphatic carboxylic acids is 1. The molecule has 0 spiro atoms. The van der Waals surface area contributed by atoms with E-state index in [1.807, 2.05) is 6.07 Å². The predicted molar refractivity (Wildman–Crippen MR) is 91.7 cm³/mol. The Hall–Kier alpha value is -2.95. The van der Waals surface area contributed by atoms with E-state index < -0.39 is 29.0 Å². The minimum atomic E-state index is -1.03. The van der Waals surface area contributed by atoms with E-state index in [1.165, 1.54) is 0 Å². The van der Waals surface area contributed by atoms with E-state index in [4.69, 9.17) is 0 Å². The van der Waals surface area contributed by atoms with E-state index in [9.17, 15) is 19.5 Å². The zero-order valence-corrected chi connectivity index (χ0v) is 13.2. The highest BCUT2D eigenvalue weighted by Crippen LogP contribution is 2.27. The molecule has 0 saturated heterocycles. The highest BCUT2D eigenvalue weighted by Gasteiger charge is 2.31. The average Bonchev–Trinajstić information content (AvgIpc) is 2.78. The molecule has 2 unspecified atom stereocenters. The van der Waals surface area contributed by atoms with Crippen molar-refractivity contribution in [1.29, 1.82) is 0 Å². The summed E-state index contributed by atoms with van der Waals surface area (Å²) in [5.41, 5.74) is -0.293. The van der Waals surface area contributed by atoms with Crippen LogP contribution in [0, 0.1) is 5.92 Å². The number of fused-ring (bicyclic) bond motifs is 4. The Kier molecular flexibility index (Phi) is 4.16. The van der Waals surface area contributed by atoms with Crippen LogP contribution in [-0.2, 0) is 4.79 Å². The molecular weight excluding hydrogens is 306 g/mol. The van der Waals surface area contributed by atoms with Gasteiger partial charge in [0.05, 0.1) is 12.0 Å². The molecular formula is C19H17NO4. The lowest BCUT2D eigenvalue weighted by Gasteiger charge is -2.24. The lowest BCUT2D eigenvalue weighted by Crippen LogP contribution is -2.39. The Morgan fingerprint density at radius 1 is 0.958 bits per heavy atom. The fraction of sp³-hybridized carbons (Fsp3) is 0.211. The summed E-state index contributed by atoms with van der Waals surface area (Å²) in [6, 6.07) is 14.4. The molecule has 4 aromatic rings. The van der Waals surface area contributed by atoms with Crippen LogP contribution in [0.3, 0.4) is 0 Å². The van der Waals surface area contributed by atoms with Gasteiger partial charge in [-0.25, -0.2) is 0 Å². The van der Waals surface area contributed by atoms with E-state index in [0.717, 1.165) is 4.57 Å². The second-order valence-electron chi connectivity index (χ2n) is 5.77. The van der Waals surface area contributed by atoms with Crippen LogP contribution in [0.15, 0.2) is 64.2 Å². The first-order valence-electron chi connectivity index (χ1n) is 7.80. The highest BCUT2D eigenvalue weighted by atomic mass is 16.4. The standard InChI is InChI=1S/C19H17NO4/c1-2-15(19(23)24)16(12-6-4-3-5-7-12)20-17(21)13-8-9-14(11-10-13)18(20)22/h3-11,15-16H,2H2,1H3,(H,23,24). The lowest BCUT2D eigenvalue weighted by atomic mass is 9.90. The molecule has 5 nitrogen and oxygen atoms in total. The molecule has 122 valence electrons. The molecule has 2 aromatic heterocycles. The molecule has 24 heavy (non-hydrogen) atoms.